The number of thiophene rings is 1. The van der Waals surface area contributed by atoms with E-state index in [0.29, 0.717) is 0 Å². The number of fused-ring (bicyclic) bond motifs is 1. The molecule has 14 aromatic rings. The summed E-state index contributed by atoms with van der Waals surface area (Å²) >= 11 is 1.82. The summed E-state index contributed by atoms with van der Waals surface area (Å²) in [5.74, 6) is 0. The van der Waals surface area contributed by atoms with E-state index in [1.807, 2.05) is 17.4 Å². The zero-order valence-corrected chi connectivity index (χ0v) is 37.8. The van der Waals surface area contributed by atoms with Crippen LogP contribution < -0.4 is 5.73 Å². The summed E-state index contributed by atoms with van der Waals surface area (Å²) in [5.41, 5.74) is 21.9. The molecule has 2 heteroatoms. The van der Waals surface area contributed by atoms with Crippen molar-refractivity contribution in [3.63, 3.8) is 0 Å². The van der Waals surface area contributed by atoms with Crippen molar-refractivity contribution in [1.82, 2.24) is 0 Å². The highest BCUT2D eigenvalue weighted by Gasteiger charge is 2.19. The van der Waals surface area contributed by atoms with Crippen LogP contribution in [0.15, 0.2) is 236 Å². The fourth-order valence-corrected chi connectivity index (χ4v) is 12.3. The summed E-state index contributed by atoms with van der Waals surface area (Å²) < 4.78 is 1.32. The van der Waals surface area contributed by atoms with Crippen LogP contribution in [0.5, 0.6) is 0 Å². The molecule has 1 heterocycles. The van der Waals surface area contributed by atoms with Gasteiger partial charge >= 0.3 is 0 Å². The van der Waals surface area contributed by atoms with E-state index < -0.39 is 0 Å². The molecule has 0 spiro atoms. The highest BCUT2D eigenvalue weighted by molar-refractivity contribution is 7.17. The molecule has 2 N–H and O–H groups in total. The lowest BCUT2D eigenvalue weighted by Gasteiger charge is -2.18. The number of nitrogens with two attached hydrogens (primary N) is 1. The molecule has 1 aromatic heterocycles. The molecule has 0 saturated carbocycles. The maximum atomic E-state index is 6.34. The molecule has 0 aliphatic rings. The molecule has 0 radical (unpaired) electrons. The Morgan fingerprint density at radius 1 is 0.324 bits per heavy atom. The van der Waals surface area contributed by atoms with Crippen molar-refractivity contribution in [2.24, 2.45) is 5.73 Å². The number of rotatable bonds is 7. The monoisotopic (exact) mass is 879 g/mol. The van der Waals surface area contributed by atoms with E-state index in [0.717, 1.165) is 16.7 Å². The van der Waals surface area contributed by atoms with Gasteiger partial charge < -0.3 is 5.73 Å². The van der Waals surface area contributed by atoms with E-state index in [4.69, 9.17) is 5.73 Å². The van der Waals surface area contributed by atoms with Crippen LogP contribution in [-0.2, 0) is 0 Å². The minimum absolute atomic E-state index is 1.04. The molecule has 14 rings (SSSR count). The molecule has 0 aliphatic heterocycles. The van der Waals surface area contributed by atoms with Gasteiger partial charge in [-0.3, -0.25) is 0 Å². The third-order valence-electron chi connectivity index (χ3n) is 14.5. The Bertz CT molecular complexity index is 4310. The van der Waals surface area contributed by atoms with Crippen molar-refractivity contribution in [2.75, 3.05) is 0 Å². The SMILES string of the molecule is N/C=C(\c1ccccc1)c1ccc2ccc3c(-c4cccc(-c5ccc(-c6cccc(-c7ccc8ccc9c(-c%10csc%11ccccc%10%11)ccc%10ccc7c8c%109)c6)cc5)c4)ccc4ccc1c2c43. The third-order valence-corrected chi connectivity index (χ3v) is 15.5. The van der Waals surface area contributed by atoms with Crippen molar-refractivity contribution < 1.29 is 0 Å². The predicted molar refractivity (Wildman–Crippen MR) is 294 cm³/mol. The van der Waals surface area contributed by atoms with Crippen LogP contribution in [0.2, 0.25) is 0 Å². The maximum Gasteiger partial charge on any atom is 0.0349 e. The van der Waals surface area contributed by atoms with Crippen LogP contribution in [0.25, 0.3) is 136 Å². The number of hydrogen-bond acceptors (Lipinski definition) is 2. The Hall–Kier alpha value is -8.56. The lowest BCUT2D eigenvalue weighted by Crippen LogP contribution is -1.95. The Morgan fingerprint density at radius 2 is 0.779 bits per heavy atom. The Morgan fingerprint density at radius 3 is 1.35 bits per heavy atom. The zero-order chi connectivity index (χ0) is 44.9. The van der Waals surface area contributed by atoms with Gasteiger partial charge in [-0.05, 0) is 149 Å². The lowest BCUT2D eigenvalue weighted by molar-refractivity contribution is 1.52. The molecule has 0 unspecified atom stereocenters. The van der Waals surface area contributed by atoms with Gasteiger partial charge in [-0.25, -0.2) is 0 Å². The van der Waals surface area contributed by atoms with Gasteiger partial charge in [0.05, 0.1) is 0 Å². The van der Waals surface area contributed by atoms with Crippen LogP contribution in [0, 0.1) is 0 Å². The van der Waals surface area contributed by atoms with E-state index in [-0.39, 0.29) is 0 Å². The second-order valence-electron chi connectivity index (χ2n) is 18.1. The maximum absolute atomic E-state index is 6.34. The van der Waals surface area contributed by atoms with Crippen LogP contribution in [0.4, 0.5) is 0 Å². The first-order valence-corrected chi connectivity index (χ1v) is 24.2. The molecule has 0 fully saturated rings. The quantitative estimate of drug-likeness (QED) is 0.159. The number of hydrogen-bond donors (Lipinski definition) is 1. The van der Waals surface area contributed by atoms with E-state index in [1.165, 1.54) is 130 Å². The van der Waals surface area contributed by atoms with Gasteiger partial charge in [0.1, 0.15) is 0 Å². The van der Waals surface area contributed by atoms with Gasteiger partial charge in [0.2, 0.25) is 0 Å². The molecule has 0 amide bonds. The normalized spacial score (nSPS) is 12.3. The molecule has 0 atom stereocenters. The smallest absolute Gasteiger partial charge is 0.0349 e. The molecule has 0 bridgehead atoms. The van der Waals surface area contributed by atoms with Crippen LogP contribution in [0.1, 0.15) is 11.1 Å². The molecule has 13 aromatic carbocycles. The van der Waals surface area contributed by atoms with Gasteiger partial charge in [0, 0.05) is 27.4 Å². The summed E-state index contributed by atoms with van der Waals surface area (Å²) in [7, 11) is 0. The first-order valence-electron chi connectivity index (χ1n) is 23.3. The molecule has 0 aliphatic carbocycles. The summed E-state index contributed by atoms with van der Waals surface area (Å²) in [6, 6.07) is 83.0. The van der Waals surface area contributed by atoms with Gasteiger partial charge in [-0.15, -0.1) is 11.3 Å². The van der Waals surface area contributed by atoms with Crippen LogP contribution in [-0.4, -0.2) is 0 Å². The first-order chi connectivity index (χ1) is 33.7. The van der Waals surface area contributed by atoms with E-state index in [9.17, 15) is 0 Å². The van der Waals surface area contributed by atoms with Crippen molar-refractivity contribution in [3.05, 3.63) is 247 Å². The van der Waals surface area contributed by atoms with E-state index in [2.05, 4.69) is 224 Å². The van der Waals surface area contributed by atoms with Gasteiger partial charge in [0.25, 0.3) is 0 Å². The molecular weight excluding hydrogens is 839 g/mol. The Labute approximate surface area is 398 Å². The topological polar surface area (TPSA) is 26.0 Å². The van der Waals surface area contributed by atoms with Crippen LogP contribution in [0.3, 0.4) is 0 Å². The van der Waals surface area contributed by atoms with Crippen molar-refractivity contribution in [2.45, 2.75) is 0 Å². The predicted octanol–water partition coefficient (Wildman–Crippen LogP) is 18.4. The number of benzene rings is 13. The summed E-state index contributed by atoms with van der Waals surface area (Å²) in [5, 5.41) is 19.0. The second-order valence-corrected chi connectivity index (χ2v) is 19.0. The Balaban J connectivity index is 0.806. The van der Waals surface area contributed by atoms with E-state index >= 15 is 0 Å². The molecule has 0 saturated heterocycles. The standard InChI is InChI=1S/C66H41NS/c67-38-60(42-8-2-1-3-9-42)53-30-22-45-24-32-56-51(28-20-43-26-34-58(53)65(45)63(43)56)49-12-6-10-47(36-49)40-16-18-41(19-17-40)48-11-7-13-50(37-48)52-29-21-44-27-35-59-54(61-39-68-62-15-5-4-14-55(61)62)31-23-46-25-33-57(52)64(44)66(46)59/h1-39H,67H2/b60-38+. The summed E-state index contributed by atoms with van der Waals surface area (Å²) in [4.78, 5) is 0. The van der Waals surface area contributed by atoms with E-state index in [1.54, 1.807) is 6.20 Å². The Kier molecular flexibility index (Phi) is 8.68. The summed E-state index contributed by atoms with van der Waals surface area (Å²) in [6.07, 6.45) is 1.75. The third kappa shape index (κ3) is 5.94. The largest absolute Gasteiger partial charge is 0.404 e. The minimum Gasteiger partial charge on any atom is -0.404 e. The fourth-order valence-electron chi connectivity index (χ4n) is 11.3. The molecule has 1 nitrogen and oxygen atoms in total. The molecule has 68 heavy (non-hydrogen) atoms. The summed E-state index contributed by atoms with van der Waals surface area (Å²) in [6.45, 7) is 0. The molecular formula is C66H41NS. The average molecular weight is 880 g/mol. The first kappa shape index (κ1) is 38.7. The zero-order valence-electron chi connectivity index (χ0n) is 37.0. The molecule has 316 valence electrons. The average Bonchev–Trinajstić information content (AvgIpc) is 3.84. The van der Waals surface area contributed by atoms with Crippen LogP contribution >= 0.6 is 11.3 Å². The highest BCUT2D eigenvalue weighted by Crippen LogP contribution is 2.46. The van der Waals surface area contributed by atoms with Crippen molar-refractivity contribution in [3.8, 4) is 55.6 Å². The van der Waals surface area contributed by atoms with Crippen molar-refractivity contribution in [1.29, 1.82) is 0 Å². The highest BCUT2D eigenvalue weighted by atomic mass is 32.1. The van der Waals surface area contributed by atoms with Gasteiger partial charge in [0.15, 0.2) is 0 Å². The minimum atomic E-state index is 1.04. The lowest BCUT2D eigenvalue weighted by atomic mass is 9.86. The fraction of sp³-hybridized carbons (Fsp3) is 0. The second kappa shape index (κ2) is 15.3. The van der Waals surface area contributed by atoms with Gasteiger partial charge in [-0.2, -0.15) is 0 Å². The van der Waals surface area contributed by atoms with Crippen molar-refractivity contribution >= 4 is 91.6 Å². The van der Waals surface area contributed by atoms with Gasteiger partial charge in [-0.1, -0.05) is 206 Å².